The third-order valence-corrected chi connectivity index (χ3v) is 5.47. The van der Waals surface area contributed by atoms with Gasteiger partial charge in [0.2, 0.25) is 0 Å². The fourth-order valence-corrected chi connectivity index (χ4v) is 3.52. The van der Waals surface area contributed by atoms with Gasteiger partial charge in [0.25, 0.3) is 0 Å². The van der Waals surface area contributed by atoms with Crippen molar-refractivity contribution in [2.24, 2.45) is 0 Å². The first-order chi connectivity index (χ1) is 12.1. The van der Waals surface area contributed by atoms with Crippen molar-refractivity contribution in [3.05, 3.63) is 89.5 Å². The molecule has 26 heavy (non-hydrogen) atoms. The maximum Gasteiger partial charge on any atom is 0.0251 e. The van der Waals surface area contributed by atoms with E-state index in [9.17, 15) is 0 Å². The van der Waals surface area contributed by atoms with Crippen molar-refractivity contribution in [1.29, 1.82) is 0 Å². The number of rotatable bonds is 6. The van der Waals surface area contributed by atoms with Crippen LogP contribution in [0.3, 0.4) is 0 Å². The molecule has 0 atom stereocenters. The summed E-state index contributed by atoms with van der Waals surface area (Å²) in [4.78, 5) is 5.46. The molecule has 3 aromatic carbocycles. The van der Waals surface area contributed by atoms with Crippen LogP contribution in [0.1, 0.15) is 16.7 Å². The predicted octanol–water partition coefficient (Wildman–Crippen LogP) is 6.18. The molecule has 0 heterocycles. The van der Waals surface area contributed by atoms with Crippen LogP contribution in [-0.2, 0) is 19.6 Å². The summed E-state index contributed by atoms with van der Waals surface area (Å²) in [6, 6.07) is 24.7. The molecule has 0 saturated heterocycles. The number of thiol groups is 3. The minimum Gasteiger partial charge on any atom is -0.290 e. The van der Waals surface area contributed by atoms with E-state index in [1.54, 1.807) is 0 Å². The van der Waals surface area contributed by atoms with Crippen molar-refractivity contribution in [3.63, 3.8) is 0 Å². The zero-order valence-corrected chi connectivity index (χ0v) is 17.7. The van der Waals surface area contributed by atoms with Gasteiger partial charge in [-0.25, -0.2) is 0 Å². The smallest absolute Gasteiger partial charge is 0.0251 e. The topological polar surface area (TPSA) is 3.24 Å². The Morgan fingerprint density at radius 1 is 0.500 bits per heavy atom. The maximum absolute atomic E-state index is 4.61. The second kappa shape index (κ2) is 10.3. The van der Waals surface area contributed by atoms with E-state index in [-0.39, 0.29) is 12.4 Å². The first-order valence-electron chi connectivity index (χ1n) is 8.16. The Balaban J connectivity index is 0.00000243. The van der Waals surface area contributed by atoms with Crippen molar-refractivity contribution in [2.45, 2.75) is 34.3 Å². The van der Waals surface area contributed by atoms with Crippen molar-refractivity contribution in [3.8, 4) is 0 Å². The summed E-state index contributed by atoms with van der Waals surface area (Å²) in [5.74, 6) is 0. The lowest BCUT2D eigenvalue weighted by molar-refractivity contribution is 0.242. The molecule has 1 nitrogen and oxygen atoms in total. The molecule has 0 amide bonds. The molecule has 3 aromatic rings. The lowest BCUT2D eigenvalue weighted by atomic mass is 10.1. The van der Waals surface area contributed by atoms with Gasteiger partial charge in [-0.05, 0) is 34.9 Å². The Hall–Kier alpha value is -1.04. The van der Waals surface area contributed by atoms with Crippen LogP contribution in [0.15, 0.2) is 87.5 Å². The van der Waals surface area contributed by atoms with Gasteiger partial charge in [-0.15, -0.1) is 50.3 Å². The maximum atomic E-state index is 4.61. The van der Waals surface area contributed by atoms with Crippen LogP contribution in [-0.4, -0.2) is 4.90 Å². The van der Waals surface area contributed by atoms with E-state index in [0.717, 1.165) is 34.3 Å². The van der Waals surface area contributed by atoms with Crippen molar-refractivity contribution < 1.29 is 0 Å². The zero-order valence-electron chi connectivity index (χ0n) is 14.2. The quantitative estimate of drug-likeness (QED) is 0.402. The second-order valence-electron chi connectivity index (χ2n) is 6.03. The van der Waals surface area contributed by atoms with Crippen LogP contribution < -0.4 is 0 Å². The first kappa shape index (κ1) is 21.3. The molecular formula is C21H22ClNS3. The van der Waals surface area contributed by atoms with E-state index < -0.39 is 0 Å². The highest BCUT2D eigenvalue weighted by Crippen LogP contribution is 2.23. The Kier molecular flexibility index (Phi) is 8.45. The lowest BCUT2D eigenvalue weighted by Crippen LogP contribution is -2.23. The molecule has 0 aliphatic carbocycles. The molecule has 0 saturated carbocycles. The summed E-state index contributed by atoms with van der Waals surface area (Å²) < 4.78 is 0. The molecule has 0 bridgehead atoms. The number of halogens is 1. The lowest BCUT2D eigenvalue weighted by Gasteiger charge is -2.24. The molecule has 0 fully saturated rings. The molecule has 0 radical (unpaired) electrons. The van der Waals surface area contributed by atoms with Gasteiger partial charge in [0.15, 0.2) is 0 Å². The van der Waals surface area contributed by atoms with E-state index in [1.807, 2.05) is 36.4 Å². The van der Waals surface area contributed by atoms with Gasteiger partial charge in [0.05, 0.1) is 0 Å². The summed E-state index contributed by atoms with van der Waals surface area (Å²) in [6.07, 6.45) is 0. The Labute approximate surface area is 178 Å². The van der Waals surface area contributed by atoms with E-state index >= 15 is 0 Å². The van der Waals surface area contributed by atoms with Crippen molar-refractivity contribution in [2.75, 3.05) is 0 Å². The molecule has 5 heteroatoms. The monoisotopic (exact) mass is 419 g/mol. The van der Waals surface area contributed by atoms with Crippen LogP contribution in [0.2, 0.25) is 0 Å². The summed E-state index contributed by atoms with van der Waals surface area (Å²) in [5.41, 5.74) is 3.66. The van der Waals surface area contributed by atoms with E-state index in [4.69, 9.17) is 0 Å². The van der Waals surface area contributed by atoms with Gasteiger partial charge in [-0.1, -0.05) is 54.6 Å². The molecule has 0 aliphatic rings. The first-order valence-corrected chi connectivity index (χ1v) is 9.50. The van der Waals surface area contributed by atoms with Crippen LogP contribution in [0.25, 0.3) is 0 Å². The average Bonchev–Trinajstić information content (AvgIpc) is 2.61. The van der Waals surface area contributed by atoms with Crippen molar-refractivity contribution in [1.82, 2.24) is 4.90 Å². The SMILES string of the molecule is Cl.Sc1ccccc1CN(Cc1ccccc1S)Cc1ccccc1S. The highest BCUT2D eigenvalue weighted by Gasteiger charge is 2.12. The highest BCUT2D eigenvalue weighted by atomic mass is 35.5. The van der Waals surface area contributed by atoms with Gasteiger partial charge >= 0.3 is 0 Å². The molecular weight excluding hydrogens is 398 g/mol. The van der Waals surface area contributed by atoms with E-state index in [0.29, 0.717) is 0 Å². The van der Waals surface area contributed by atoms with Crippen LogP contribution >= 0.6 is 50.3 Å². The standard InChI is InChI=1S/C21H21NS3.ClH/c23-19-10-4-1-7-16(19)13-22(14-17-8-2-5-11-20(17)24)15-18-9-3-6-12-21(18)25;/h1-12,23-25H,13-15H2;1H. The largest absolute Gasteiger partial charge is 0.290 e. The third-order valence-electron chi connectivity index (χ3n) is 4.16. The van der Waals surface area contributed by atoms with Crippen molar-refractivity contribution >= 4 is 50.3 Å². The van der Waals surface area contributed by atoms with Crippen LogP contribution in [0.5, 0.6) is 0 Å². The number of benzene rings is 3. The van der Waals surface area contributed by atoms with Crippen LogP contribution in [0, 0.1) is 0 Å². The van der Waals surface area contributed by atoms with E-state index in [1.165, 1.54) is 16.7 Å². The van der Waals surface area contributed by atoms with Crippen LogP contribution in [0.4, 0.5) is 0 Å². The molecule has 0 aromatic heterocycles. The summed E-state index contributed by atoms with van der Waals surface area (Å²) in [5, 5.41) is 0. The predicted molar refractivity (Wildman–Crippen MR) is 121 cm³/mol. The molecule has 3 rings (SSSR count). The average molecular weight is 420 g/mol. The zero-order chi connectivity index (χ0) is 17.6. The van der Waals surface area contributed by atoms with Gasteiger partial charge < -0.3 is 0 Å². The second-order valence-corrected chi connectivity index (χ2v) is 7.48. The Bertz CT molecular complexity index is 741. The minimum atomic E-state index is 0. The fraction of sp³-hybridized carbons (Fsp3) is 0.143. The number of hydrogen-bond acceptors (Lipinski definition) is 4. The number of hydrogen-bond donors (Lipinski definition) is 3. The molecule has 0 N–H and O–H groups in total. The summed E-state index contributed by atoms with van der Waals surface area (Å²) >= 11 is 13.8. The van der Waals surface area contributed by atoms with Gasteiger partial charge in [0, 0.05) is 34.3 Å². The van der Waals surface area contributed by atoms with Gasteiger partial charge in [-0.2, -0.15) is 0 Å². The summed E-state index contributed by atoms with van der Waals surface area (Å²) in [6.45, 7) is 2.47. The summed E-state index contributed by atoms with van der Waals surface area (Å²) in [7, 11) is 0. The van der Waals surface area contributed by atoms with Gasteiger partial charge in [-0.3, -0.25) is 4.90 Å². The number of nitrogens with zero attached hydrogens (tertiary/aromatic N) is 1. The normalized spacial score (nSPS) is 10.6. The Morgan fingerprint density at radius 3 is 1.04 bits per heavy atom. The molecule has 0 unspecified atom stereocenters. The van der Waals surface area contributed by atoms with E-state index in [2.05, 4.69) is 79.2 Å². The molecule has 136 valence electrons. The van der Waals surface area contributed by atoms with Gasteiger partial charge in [0.1, 0.15) is 0 Å². The highest BCUT2D eigenvalue weighted by molar-refractivity contribution is 7.80. The minimum absolute atomic E-state index is 0. The molecule has 0 aliphatic heterocycles. The third kappa shape index (κ3) is 5.73. The fourth-order valence-electron chi connectivity index (χ4n) is 2.82. The Morgan fingerprint density at radius 2 is 0.769 bits per heavy atom. The molecule has 0 spiro atoms.